The molecule has 3 aromatic rings. The fraction of sp³-hybridized carbons (Fsp3) is 0.250. The molecule has 0 bridgehead atoms. The number of carbonyl (C=O) groups is 1. The van der Waals surface area contributed by atoms with Gasteiger partial charge in [-0.05, 0) is 72.7 Å². The number of benzene rings is 3. The molecule has 0 aromatic heterocycles. The third-order valence-corrected chi connectivity index (χ3v) is 5.46. The minimum atomic E-state index is -0.790. The van der Waals surface area contributed by atoms with Crippen LogP contribution >= 0.6 is 0 Å². The van der Waals surface area contributed by atoms with E-state index in [0.717, 1.165) is 40.8 Å². The highest BCUT2D eigenvalue weighted by molar-refractivity contribution is 5.67. The quantitative estimate of drug-likeness (QED) is 0.457. The van der Waals surface area contributed by atoms with Crippen molar-refractivity contribution in [3.8, 4) is 35.0 Å². The first-order chi connectivity index (χ1) is 15.9. The number of carboxylic acid groups (broad SMARTS) is 1. The second-order valence-corrected chi connectivity index (χ2v) is 7.74. The number of halogens is 1. The van der Waals surface area contributed by atoms with Crippen molar-refractivity contribution in [1.82, 2.24) is 0 Å². The average molecular weight is 447 g/mol. The van der Waals surface area contributed by atoms with Crippen molar-refractivity contribution in [2.75, 3.05) is 7.11 Å². The summed E-state index contributed by atoms with van der Waals surface area (Å²) in [6.45, 7) is 1.65. The van der Waals surface area contributed by atoms with Crippen LogP contribution in [0.3, 0.4) is 0 Å². The Hall–Kier alpha value is -3.78. The van der Waals surface area contributed by atoms with Gasteiger partial charge in [0, 0.05) is 12.0 Å². The van der Waals surface area contributed by atoms with E-state index >= 15 is 0 Å². The van der Waals surface area contributed by atoms with Crippen LogP contribution in [0.1, 0.15) is 42.6 Å². The van der Waals surface area contributed by atoms with E-state index in [0.29, 0.717) is 17.7 Å². The third-order valence-electron chi connectivity index (χ3n) is 5.46. The highest BCUT2D eigenvalue weighted by Gasteiger charge is 2.22. The molecule has 0 amide bonds. The van der Waals surface area contributed by atoms with Gasteiger partial charge in [-0.2, -0.15) is 0 Å². The number of terminal acetylenes is 1. The van der Waals surface area contributed by atoms with E-state index in [-0.39, 0.29) is 18.3 Å². The summed E-state index contributed by atoms with van der Waals surface area (Å²) < 4.78 is 25.6. The molecule has 1 unspecified atom stereocenters. The molecule has 5 heteroatoms. The van der Waals surface area contributed by atoms with E-state index in [1.165, 1.54) is 6.07 Å². The van der Waals surface area contributed by atoms with Crippen LogP contribution in [0.25, 0.3) is 11.1 Å². The summed E-state index contributed by atoms with van der Waals surface area (Å²) >= 11 is 0. The number of aryl methyl sites for hydroxylation is 2. The molecule has 1 atom stereocenters. The van der Waals surface area contributed by atoms with E-state index in [4.69, 9.17) is 14.6 Å². The summed E-state index contributed by atoms with van der Waals surface area (Å²) in [5.41, 5.74) is 4.47. The summed E-state index contributed by atoms with van der Waals surface area (Å²) in [5.74, 6) is 2.63. The number of hydrogen-bond donors (Lipinski definition) is 1. The highest BCUT2D eigenvalue weighted by atomic mass is 19.1. The molecule has 4 rings (SSSR count). The number of ether oxygens (including phenoxy) is 2. The molecule has 0 spiro atoms. The highest BCUT2D eigenvalue weighted by Crippen LogP contribution is 2.36. The third kappa shape index (κ3) is 6.14. The largest absolute Gasteiger partial charge is 0.497 e. The van der Waals surface area contributed by atoms with Gasteiger partial charge in [-0.3, -0.25) is 4.79 Å². The SMILES string of the molecule is C#CC.COc1ccc(F)c(-c2ccc(C3CCc4cc(CCC(=O)O)ccc4O3)cc2)c1. The van der Waals surface area contributed by atoms with Crippen molar-refractivity contribution in [2.45, 2.75) is 38.7 Å². The monoisotopic (exact) mass is 446 g/mol. The maximum atomic E-state index is 14.2. The Bertz CT molecular complexity index is 1150. The number of hydrogen-bond acceptors (Lipinski definition) is 3. The van der Waals surface area contributed by atoms with Gasteiger partial charge >= 0.3 is 5.97 Å². The van der Waals surface area contributed by atoms with Gasteiger partial charge in [0.25, 0.3) is 0 Å². The maximum Gasteiger partial charge on any atom is 0.303 e. The minimum Gasteiger partial charge on any atom is -0.497 e. The molecule has 1 heterocycles. The molecule has 1 N–H and O–H groups in total. The van der Waals surface area contributed by atoms with Gasteiger partial charge in [0.2, 0.25) is 0 Å². The number of fused-ring (bicyclic) bond motifs is 1. The molecule has 170 valence electrons. The molecular formula is C28H27FO4. The molecule has 0 saturated heterocycles. The van der Waals surface area contributed by atoms with Crippen LogP contribution in [0.2, 0.25) is 0 Å². The van der Waals surface area contributed by atoms with Gasteiger partial charge < -0.3 is 14.6 Å². The lowest BCUT2D eigenvalue weighted by Crippen LogP contribution is -2.15. The number of methoxy groups -OCH3 is 1. The lowest BCUT2D eigenvalue weighted by molar-refractivity contribution is -0.136. The molecule has 1 aliphatic heterocycles. The average Bonchev–Trinajstić information content (AvgIpc) is 2.83. The Balaban J connectivity index is 0.000000968. The summed E-state index contributed by atoms with van der Waals surface area (Å²) in [4.78, 5) is 10.8. The topological polar surface area (TPSA) is 55.8 Å². The van der Waals surface area contributed by atoms with E-state index in [1.807, 2.05) is 42.5 Å². The van der Waals surface area contributed by atoms with Gasteiger partial charge in [0.1, 0.15) is 23.4 Å². The van der Waals surface area contributed by atoms with Gasteiger partial charge in [-0.25, -0.2) is 4.39 Å². The van der Waals surface area contributed by atoms with Crippen molar-refractivity contribution < 1.29 is 23.8 Å². The van der Waals surface area contributed by atoms with Crippen LogP contribution in [0.15, 0.2) is 60.7 Å². The van der Waals surface area contributed by atoms with Crippen LogP contribution in [0.4, 0.5) is 4.39 Å². The molecule has 3 aromatic carbocycles. The predicted molar refractivity (Wildman–Crippen MR) is 127 cm³/mol. The van der Waals surface area contributed by atoms with E-state index in [1.54, 1.807) is 26.2 Å². The van der Waals surface area contributed by atoms with Crippen molar-refractivity contribution in [1.29, 1.82) is 0 Å². The lowest BCUT2D eigenvalue weighted by Gasteiger charge is -2.27. The van der Waals surface area contributed by atoms with Gasteiger partial charge in [0.05, 0.1) is 7.11 Å². The second kappa shape index (κ2) is 11.2. The first kappa shape index (κ1) is 23.9. The molecule has 0 saturated carbocycles. The van der Waals surface area contributed by atoms with Crippen molar-refractivity contribution in [3.05, 3.63) is 83.2 Å². The van der Waals surface area contributed by atoms with Gasteiger partial charge in [0.15, 0.2) is 0 Å². The second-order valence-electron chi connectivity index (χ2n) is 7.74. The summed E-state index contributed by atoms with van der Waals surface area (Å²) in [7, 11) is 1.56. The molecule has 1 aliphatic rings. The van der Waals surface area contributed by atoms with Crippen LogP contribution in [-0.4, -0.2) is 18.2 Å². The van der Waals surface area contributed by atoms with E-state index in [9.17, 15) is 9.18 Å². The lowest BCUT2D eigenvalue weighted by atomic mass is 9.94. The Morgan fingerprint density at radius 1 is 1.18 bits per heavy atom. The van der Waals surface area contributed by atoms with Crippen molar-refractivity contribution in [3.63, 3.8) is 0 Å². The Morgan fingerprint density at radius 3 is 2.58 bits per heavy atom. The molecular weight excluding hydrogens is 419 g/mol. The smallest absolute Gasteiger partial charge is 0.303 e. The number of rotatable bonds is 6. The van der Waals surface area contributed by atoms with Crippen molar-refractivity contribution >= 4 is 5.97 Å². The molecule has 0 radical (unpaired) electrons. The van der Waals surface area contributed by atoms with Crippen LogP contribution in [0.5, 0.6) is 11.5 Å². The van der Waals surface area contributed by atoms with Gasteiger partial charge in [-0.1, -0.05) is 36.4 Å². The van der Waals surface area contributed by atoms with Crippen molar-refractivity contribution in [2.24, 2.45) is 0 Å². The van der Waals surface area contributed by atoms with Crippen LogP contribution in [-0.2, 0) is 17.6 Å². The Labute approximate surface area is 194 Å². The molecule has 0 fully saturated rings. The first-order valence-corrected chi connectivity index (χ1v) is 10.8. The number of aliphatic carboxylic acids is 1. The van der Waals surface area contributed by atoms with Crippen LogP contribution in [0, 0.1) is 18.2 Å². The van der Waals surface area contributed by atoms with Gasteiger partial charge in [-0.15, -0.1) is 12.3 Å². The predicted octanol–water partition coefficient (Wildman–Crippen LogP) is 6.22. The zero-order chi connectivity index (χ0) is 23.8. The summed E-state index contributed by atoms with van der Waals surface area (Å²) in [5, 5.41) is 8.86. The molecule has 4 nitrogen and oxygen atoms in total. The molecule has 0 aliphatic carbocycles. The van der Waals surface area contributed by atoms with E-state index < -0.39 is 5.97 Å². The number of carboxylic acids is 1. The zero-order valence-corrected chi connectivity index (χ0v) is 18.8. The zero-order valence-electron chi connectivity index (χ0n) is 18.8. The maximum absolute atomic E-state index is 14.2. The standard InChI is InChI=1S/C25H23FO4.C3H4/c1-29-20-9-10-22(26)21(15-20)17-4-6-18(7-5-17)23-12-8-19-14-16(3-13-25(27)28)2-11-24(19)30-23;1-3-2/h2,4-7,9-11,14-15,23H,3,8,12-13H2,1H3,(H,27,28);1H,2H3. The van der Waals surface area contributed by atoms with E-state index in [2.05, 4.69) is 12.3 Å². The minimum absolute atomic E-state index is 0.0634. The summed E-state index contributed by atoms with van der Waals surface area (Å²) in [6, 6.07) is 18.4. The molecule has 33 heavy (non-hydrogen) atoms. The fourth-order valence-electron chi connectivity index (χ4n) is 3.81. The normalized spacial score (nSPS) is 14.1. The Morgan fingerprint density at radius 2 is 1.91 bits per heavy atom. The van der Waals surface area contributed by atoms with Crippen LogP contribution < -0.4 is 9.47 Å². The Kier molecular flexibility index (Phi) is 8.10. The fourth-order valence-corrected chi connectivity index (χ4v) is 3.81. The first-order valence-electron chi connectivity index (χ1n) is 10.8. The summed E-state index contributed by atoms with van der Waals surface area (Å²) in [6.07, 6.45) is 6.89.